The molecule has 1 aliphatic heterocycles. The molecule has 0 aromatic heterocycles. The number of ether oxygens (including phenoxy) is 2. The lowest BCUT2D eigenvalue weighted by Crippen LogP contribution is -2.52. The fourth-order valence-electron chi connectivity index (χ4n) is 3.11. The maximum atomic E-state index is 12.0. The zero-order chi connectivity index (χ0) is 20.3. The molecule has 0 atom stereocenters. The third-order valence-electron chi connectivity index (χ3n) is 4.41. The smallest absolute Gasteiger partial charge is 0.410 e. The van der Waals surface area contributed by atoms with Gasteiger partial charge < -0.3 is 14.4 Å². The minimum absolute atomic E-state index is 0.231. The van der Waals surface area contributed by atoms with Gasteiger partial charge in [0.25, 0.3) is 0 Å². The Bertz CT molecular complexity index is 842. The molecule has 150 valence electrons. The van der Waals surface area contributed by atoms with E-state index < -0.39 is 5.60 Å². The highest BCUT2D eigenvalue weighted by atomic mass is 35.5. The second kappa shape index (κ2) is 8.62. The molecule has 4 nitrogen and oxygen atoms in total. The van der Waals surface area contributed by atoms with Gasteiger partial charge in [0.15, 0.2) is 0 Å². The monoisotopic (exact) mass is 421 g/mol. The van der Waals surface area contributed by atoms with Gasteiger partial charge in [-0.25, -0.2) is 4.79 Å². The van der Waals surface area contributed by atoms with Gasteiger partial charge in [-0.05, 0) is 62.4 Å². The van der Waals surface area contributed by atoms with Crippen molar-refractivity contribution in [3.63, 3.8) is 0 Å². The number of amides is 1. The van der Waals surface area contributed by atoms with Crippen LogP contribution in [0.25, 0.3) is 0 Å². The number of benzene rings is 2. The molecular formula is C22H25Cl2NO3. The van der Waals surface area contributed by atoms with Crippen LogP contribution in [-0.2, 0) is 17.8 Å². The van der Waals surface area contributed by atoms with E-state index in [-0.39, 0.29) is 6.09 Å². The van der Waals surface area contributed by atoms with E-state index in [1.165, 1.54) is 5.56 Å². The summed E-state index contributed by atoms with van der Waals surface area (Å²) in [5.74, 6) is 1.07. The summed E-state index contributed by atoms with van der Waals surface area (Å²) in [5.41, 5.74) is 1.85. The standard InChI is InChI=1S/C22H25Cl2NO3/c1-22(2,3)28-21(26)25-12-17(13-25)10-15-5-4-6-16(9-15)14-27-20-8-7-18(23)11-19(20)24/h4-9,11,17H,10,12-14H2,1-3H3. The summed E-state index contributed by atoms with van der Waals surface area (Å²) >= 11 is 12.1. The Balaban J connectivity index is 1.50. The van der Waals surface area contributed by atoms with Gasteiger partial charge in [-0.2, -0.15) is 0 Å². The van der Waals surface area contributed by atoms with E-state index in [1.54, 1.807) is 23.1 Å². The molecule has 28 heavy (non-hydrogen) atoms. The Morgan fingerprint density at radius 3 is 2.50 bits per heavy atom. The fraction of sp³-hybridized carbons (Fsp3) is 0.409. The largest absolute Gasteiger partial charge is 0.487 e. The Morgan fingerprint density at radius 1 is 1.11 bits per heavy atom. The average Bonchev–Trinajstić information content (AvgIpc) is 2.55. The van der Waals surface area contributed by atoms with Crippen molar-refractivity contribution in [3.05, 3.63) is 63.6 Å². The van der Waals surface area contributed by atoms with Gasteiger partial charge in [-0.15, -0.1) is 0 Å². The van der Waals surface area contributed by atoms with E-state index >= 15 is 0 Å². The summed E-state index contributed by atoms with van der Waals surface area (Å²) in [6, 6.07) is 13.5. The fourth-order valence-corrected chi connectivity index (χ4v) is 3.57. The Hall–Kier alpha value is -1.91. The van der Waals surface area contributed by atoms with Crippen LogP contribution in [-0.4, -0.2) is 29.7 Å². The quantitative estimate of drug-likeness (QED) is 0.595. The van der Waals surface area contributed by atoms with Gasteiger partial charge in [-0.3, -0.25) is 0 Å². The second-order valence-corrected chi connectivity index (χ2v) is 8.98. The van der Waals surface area contributed by atoms with Crippen LogP contribution >= 0.6 is 23.2 Å². The van der Waals surface area contributed by atoms with Crippen molar-refractivity contribution < 1.29 is 14.3 Å². The van der Waals surface area contributed by atoms with Gasteiger partial charge in [0, 0.05) is 18.1 Å². The van der Waals surface area contributed by atoms with Gasteiger partial charge in [0.2, 0.25) is 0 Å². The zero-order valence-electron chi connectivity index (χ0n) is 16.4. The first kappa shape index (κ1) is 20.8. The summed E-state index contributed by atoms with van der Waals surface area (Å²) in [5, 5.41) is 1.08. The van der Waals surface area contributed by atoms with Crippen LogP contribution in [0.5, 0.6) is 5.75 Å². The highest BCUT2D eigenvalue weighted by Gasteiger charge is 2.33. The van der Waals surface area contributed by atoms with Crippen LogP contribution in [0.4, 0.5) is 4.79 Å². The van der Waals surface area contributed by atoms with Crippen LogP contribution < -0.4 is 4.74 Å². The lowest BCUT2D eigenvalue weighted by atomic mass is 9.92. The van der Waals surface area contributed by atoms with Crippen molar-refractivity contribution >= 4 is 29.3 Å². The summed E-state index contributed by atoms with van der Waals surface area (Å²) in [6.07, 6.45) is 0.695. The minimum atomic E-state index is -0.455. The van der Waals surface area contributed by atoms with Crippen LogP contribution in [0.2, 0.25) is 10.0 Å². The predicted molar refractivity (Wildman–Crippen MR) is 112 cm³/mol. The van der Waals surface area contributed by atoms with Crippen molar-refractivity contribution in [2.45, 2.75) is 39.4 Å². The lowest BCUT2D eigenvalue weighted by Gasteiger charge is -2.40. The molecule has 0 spiro atoms. The Labute approximate surface area is 176 Å². The van der Waals surface area contributed by atoms with E-state index in [0.29, 0.717) is 28.3 Å². The maximum Gasteiger partial charge on any atom is 0.410 e. The molecule has 0 saturated carbocycles. The van der Waals surface area contributed by atoms with E-state index in [4.69, 9.17) is 32.7 Å². The highest BCUT2D eigenvalue weighted by molar-refractivity contribution is 6.35. The summed E-state index contributed by atoms with van der Waals surface area (Å²) in [7, 11) is 0. The average molecular weight is 422 g/mol. The van der Waals surface area contributed by atoms with Crippen LogP contribution in [0.3, 0.4) is 0 Å². The summed E-state index contributed by atoms with van der Waals surface area (Å²) in [6.45, 7) is 7.54. The number of carbonyl (C=O) groups excluding carboxylic acids is 1. The van der Waals surface area contributed by atoms with Crippen LogP contribution in [0.15, 0.2) is 42.5 Å². The molecular weight excluding hydrogens is 397 g/mol. The molecule has 0 unspecified atom stereocenters. The number of rotatable bonds is 5. The van der Waals surface area contributed by atoms with Gasteiger partial charge in [0.05, 0.1) is 5.02 Å². The lowest BCUT2D eigenvalue weighted by molar-refractivity contribution is -0.000882. The van der Waals surface area contributed by atoms with Crippen molar-refractivity contribution in [1.29, 1.82) is 0 Å². The third kappa shape index (κ3) is 5.79. The van der Waals surface area contributed by atoms with E-state index in [0.717, 1.165) is 25.1 Å². The number of hydrogen-bond donors (Lipinski definition) is 0. The molecule has 2 aromatic rings. The van der Waals surface area contributed by atoms with Crippen molar-refractivity contribution in [1.82, 2.24) is 4.90 Å². The molecule has 1 fully saturated rings. The first-order valence-corrected chi connectivity index (χ1v) is 10.1. The van der Waals surface area contributed by atoms with E-state index in [1.807, 2.05) is 32.9 Å². The normalized spacial score (nSPS) is 14.5. The SMILES string of the molecule is CC(C)(C)OC(=O)N1CC(Cc2cccc(COc3ccc(Cl)cc3Cl)c2)C1. The van der Waals surface area contributed by atoms with Gasteiger partial charge in [-0.1, -0.05) is 47.5 Å². The maximum absolute atomic E-state index is 12.0. The molecule has 6 heteroatoms. The van der Waals surface area contributed by atoms with Gasteiger partial charge in [0.1, 0.15) is 18.0 Å². The van der Waals surface area contributed by atoms with Crippen LogP contribution in [0.1, 0.15) is 31.9 Å². The first-order valence-electron chi connectivity index (χ1n) is 9.33. The van der Waals surface area contributed by atoms with Gasteiger partial charge >= 0.3 is 6.09 Å². The molecule has 1 saturated heterocycles. The molecule has 1 heterocycles. The minimum Gasteiger partial charge on any atom is -0.487 e. The van der Waals surface area contributed by atoms with Crippen molar-refractivity contribution in [2.24, 2.45) is 5.92 Å². The highest BCUT2D eigenvalue weighted by Crippen LogP contribution is 2.28. The Morgan fingerprint density at radius 2 is 1.82 bits per heavy atom. The summed E-state index contributed by atoms with van der Waals surface area (Å²) < 4.78 is 11.2. The van der Waals surface area contributed by atoms with Crippen LogP contribution in [0, 0.1) is 5.92 Å². The third-order valence-corrected chi connectivity index (χ3v) is 4.94. The molecule has 3 rings (SSSR count). The topological polar surface area (TPSA) is 38.8 Å². The predicted octanol–water partition coefficient (Wildman–Crippen LogP) is 5.98. The molecule has 0 N–H and O–H groups in total. The zero-order valence-corrected chi connectivity index (χ0v) is 17.9. The molecule has 2 aromatic carbocycles. The molecule has 1 aliphatic rings. The molecule has 0 aliphatic carbocycles. The Kier molecular flexibility index (Phi) is 6.41. The van der Waals surface area contributed by atoms with Crippen molar-refractivity contribution in [3.8, 4) is 5.75 Å². The van der Waals surface area contributed by atoms with E-state index in [2.05, 4.69) is 12.1 Å². The summed E-state index contributed by atoms with van der Waals surface area (Å²) in [4.78, 5) is 13.8. The second-order valence-electron chi connectivity index (χ2n) is 8.14. The number of likely N-dealkylation sites (tertiary alicyclic amines) is 1. The van der Waals surface area contributed by atoms with Crippen molar-refractivity contribution in [2.75, 3.05) is 13.1 Å². The molecule has 1 amide bonds. The first-order chi connectivity index (χ1) is 13.2. The number of hydrogen-bond acceptors (Lipinski definition) is 3. The molecule has 0 bridgehead atoms. The van der Waals surface area contributed by atoms with E-state index in [9.17, 15) is 4.79 Å². The number of carbonyl (C=O) groups is 1. The number of nitrogens with zero attached hydrogens (tertiary/aromatic N) is 1. The molecule has 0 radical (unpaired) electrons. The number of halogens is 2.